The molecule has 94 valence electrons. The Bertz CT molecular complexity index is 393. The van der Waals surface area contributed by atoms with Gasteiger partial charge in [0, 0.05) is 6.54 Å². The molecule has 2 N–H and O–H groups in total. The van der Waals surface area contributed by atoms with Crippen molar-refractivity contribution in [3.63, 3.8) is 0 Å². The number of benzene rings is 1. The summed E-state index contributed by atoms with van der Waals surface area (Å²) in [7, 11) is 0. The monoisotopic (exact) mass is 241 g/mol. The van der Waals surface area contributed by atoms with Crippen LogP contribution in [-0.2, 0) is 4.79 Å². The fraction of sp³-hybridized carbons (Fsp3) is 0.417. The fourth-order valence-corrected chi connectivity index (χ4v) is 1.29. The molecule has 0 radical (unpaired) electrons. The molecule has 1 unspecified atom stereocenters. The van der Waals surface area contributed by atoms with E-state index in [1.165, 1.54) is 12.1 Å². The Balaban J connectivity index is 2.63. The van der Waals surface area contributed by atoms with Crippen molar-refractivity contribution < 1.29 is 19.0 Å². The Morgan fingerprint density at radius 1 is 1.59 bits per heavy atom. The van der Waals surface area contributed by atoms with Crippen LogP contribution in [0.3, 0.4) is 0 Å². The van der Waals surface area contributed by atoms with E-state index >= 15 is 0 Å². The zero-order valence-corrected chi connectivity index (χ0v) is 9.87. The first-order valence-corrected chi connectivity index (χ1v) is 5.41. The molecule has 17 heavy (non-hydrogen) atoms. The zero-order valence-electron chi connectivity index (χ0n) is 9.87. The summed E-state index contributed by atoms with van der Waals surface area (Å²) in [6.07, 6.45) is -0.734. The van der Waals surface area contributed by atoms with Gasteiger partial charge in [-0.15, -0.1) is 0 Å². The van der Waals surface area contributed by atoms with Crippen LogP contribution in [0.1, 0.15) is 25.5 Å². The summed E-state index contributed by atoms with van der Waals surface area (Å²) in [6, 6.07) is 4.15. The van der Waals surface area contributed by atoms with Gasteiger partial charge < -0.3 is 15.2 Å². The van der Waals surface area contributed by atoms with Crippen molar-refractivity contribution >= 4 is 5.91 Å². The number of nitrogens with one attached hydrogen (secondary N) is 1. The van der Waals surface area contributed by atoms with Crippen molar-refractivity contribution in [3.8, 4) is 5.75 Å². The summed E-state index contributed by atoms with van der Waals surface area (Å²) in [4.78, 5) is 11.1. The first-order valence-electron chi connectivity index (χ1n) is 5.41. The van der Waals surface area contributed by atoms with E-state index in [2.05, 4.69) is 5.32 Å². The lowest BCUT2D eigenvalue weighted by Gasteiger charge is -2.09. The molecule has 0 bridgehead atoms. The van der Waals surface area contributed by atoms with Crippen molar-refractivity contribution in [2.45, 2.75) is 20.0 Å². The van der Waals surface area contributed by atoms with E-state index in [1.54, 1.807) is 19.9 Å². The number of likely N-dealkylation sites (N-methyl/N-ethyl adjacent to an activating group) is 1. The van der Waals surface area contributed by atoms with Crippen LogP contribution in [0.5, 0.6) is 5.75 Å². The summed E-state index contributed by atoms with van der Waals surface area (Å²) in [5, 5.41) is 11.8. The molecular weight excluding hydrogens is 225 g/mol. The van der Waals surface area contributed by atoms with Gasteiger partial charge in [-0.2, -0.15) is 0 Å². The first kappa shape index (κ1) is 13.4. The summed E-state index contributed by atoms with van der Waals surface area (Å²) in [5.41, 5.74) is 0.466. The number of hydrogen-bond acceptors (Lipinski definition) is 3. The number of amides is 1. The number of rotatable bonds is 5. The van der Waals surface area contributed by atoms with Crippen LogP contribution in [0.15, 0.2) is 18.2 Å². The first-order chi connectivity index (χ1) is 8.04. The maximum absolute atomic E-state index is 13.5. The molecule has 0 aliphatic carbocycles. The molecule has 0 aliphatic rings. The van der Waals surface area contributed by atoms with E-state index in [9.17, 15) is 14.3 Å². The second kappa shape index (κ2) is 6.20. The van der Waals surface area contributed by atoms with Gasteiger partial charge >= 0.3 is 0 Å². The molecule has 0 fully saturated rings. The predicted molar refractivity (Wildman–Crippen MR) is 61.2 cm³/mol. The Kier molecular flexibility index (Phi) is 4.90. The highest BCUT2D eigenvalue weighted by atomic mass is 19.1. The van der Waals surface area contributed by atoms with Crippen molar-refractivity contribution in [1.29, 1.82) is 0 Å². The summed E-state index contributed by atoms with van der Waals surface area (Å²) in [6.45, 7) is 3.62. The average Bonchev–Trinajstić information content (AvgIpc) is 2.27. The highest BCUT2D eigenvalue weighted by Crippen LogP contribution is 2.21. The highest BCUT2D eigenvalue weighted by Gasteiger charge is 2.09. The van der Waals surface area contributed by atoms with Crippen LogP contribution in [0, 0.1) is 5.82 Å². The fourth-order valence-electron chi connectivity index (χ4n) is 1.29. The van der Waals surface area contributed by atoms with Crippen LogP contribution >= 0.6 is 0 Å². The molecule has 1 amide bonds. The van der Waals surface area contributed by atoms with Crippen LogP contribution in [0.2, 0.25) is 0 Å². The topological polar surface area (TPSA) is 58.6 Å². The molecule has 0 heterocycles. The van der Waals surface area contributed by atoms with Gasteiger partial charge in [-0.1, -0.05) is 6.07 Å². The lowest BCUT2D eigenvalue weighted by atomic mass is 10.1. The van der Waals surface area contributed by atoms with Gasteiger partial charge in [0.1, 0.15) is 0 Å². The number of carbonyl (C=O) groups excluding carboxylic acids is 1. The molecular formula is C12H16FNO3. The lowest BCUT2D eigenvalue weighted by molar-refractivity contribution is -0.123. The molecule has 0 aliphatic heterocycles. The molecule has 5 heteroatoms. The lowest BCUT2D eigenvalue weighted by Crippen LogP contribution is -2.28. The smallest absolute Gasteiger partial charge is 0.257 e. The van der Waals surface area contributed by atoms with Crippen molar-refractivity contribution in [2.75, 3.05) is 13.2 Å². The third-order valence-corrected chi connectivity index (χ3v) is 2.17. The quantitative estimate of drug-likeness (QED) is 0.819. The van der Waals surface area contributed by atoms with Crippen molar-refractivity contribution in [3.05, 3.63) is 29.6 Å². The largest absolute Gasteiger partial charge is 0.481 e. The number of aliphatic hydroxyl groups is 1. The normalized spacial score (nSPS) is 12.0. The molecule has 1 aromatic rings. The van der Waals surface area contributed by atoms with E-state index in [0.29, 0.717) is 12.1 Å². The van der Waals surface area contributed by atoms with Crippen LogP contribution < -0.4 is 10.1 Å². The summed E-state index contributed by atoms with van der Waals surface area (Å²) >= 11 is 0. The van der Waals surface area contributed by atoms with Gasteiger partial charge in [0.05, 0.1) is 6.10 Å². The van der Waals surface area contributed by atoms with E-state index in [-0.39, 0.29) is 18.3 Å². The van der Waals surface area contributed by atoms with Gasteiger partial charge in [0.2, 0.25) is 0 Å². The van der Waals surface area contributed by atoms with E-state index < -0.39 is 11.9 Å². The molecule has 0 spiro atoms. The number of aliphatic hydroxyl groups excluding tert-OH is 1. The Labute approximate surface area is 99.4 Å². The molecule has 1 rings (SSSR count). The molecule has 0 saturated heterocycles. The second-order valence-corrected chi connectivity index (χ2v) is 3.61. The molecule has 4 nitrogen and oxygen atoms in total. The minimum atomic E-state index is -0.734. The molecule has 1 atom stereocenters. The van der Waals surface area contributed by atoms with Gasteiger partial charge in [-0.3, -0.25) is 4.79 Å². The maximum Gasteiger partial charge on any atom is 0.257 e. The molecule has 0 saturated carbocycles. The van der Waals surface area contributed by atoms with Gasteiger partial charge in [-0.25, -0.2) is 4.39 Å². The minimum Gasteiger partial charge on any atom is -0.481 e. The van der Waals surface area contributed by atoms with E-state index in [4.69, 9.17) is 4.74 Å². The average molecular weight is 241 g/mol. The SMILES string of the molecule is CCNC(=O)COc1ccc(C(C)O)cc1F. The third kappa shape index (κ3) is 4.03. The second-order valence-electron chi connectivity index (χ2n) is 3.61. The number of carbonyl (C=O) groups is 1. The standard InChI is InChI=1S/C12H16FNO3/c1-3-14-12(16)7-17-11-5-4-9(8(2)15)6-10(11)13/h4-6,8,15H,3,7H2,1-2H3,(H,14,16). The van der Waals surface area contributed by atoms with Crippen molar-refractivity contribution in [1.82, 2.24) is 5.32 Å². The maximum atomic E-state index is 13.5. The third-order valence-electron chi connectivity index (χ3n) is 2.17. The van der Waals surface area contributed by atoms with Crippen LogP contribution in [0.4, 0.5) is 4.39 Å². The Morgan fingerprint density at radius 2 is 2.29 bits per heavy atom. The highest BCUT2D eigenvalue weighted by molar-refractivity contribution is 5.77. The number of halogens is 1. The van der Waals surface area contributed by atoms with Crippen molar-refractivity contribution in [2.24, 2.45) is 0 Å². The zero-order chi connectivity index (χ0) is 12.8. The Morgan fingerprint density at radius 3 is 2.82 bits per heavy atom. The van der Waals surface area contributed by atoms with Gasteiger partial charge in [0.25, 0.3) is 5.91 Å². The molecule has 0 aromatic heterocycles. The number of ether oxygens (including phenoxy) is 1. The molecule has 1 aromatic carbocycles. The van der Waals surface area contributed by atoms with E-state index in [0.717, 1.165) is 0 Å². The summed E-state index contributed by atoms with van der Waals surface area (Å²) in [5.74, 6) is -0.889. The van der Waals surface area contributed by atoms with Crippen LogP contribution in [0.25, 0.3) is 0 Å². The number of hydrogen-bond donors (Lipinski definition) is 2. The van der Waals surface area contributed by atoms with Gasteiger partial charge in [-0.05, 0) is 31.5 Å². The van der Waals surface area contributed by atoms with Gasteiger partial charge in [0.15, 0.2) is 18.2 Å². The summed E-state index contributed by atoms with van der Waals surface area (Å²) < 4.78 is 18.5. The van der Waals surface area contributed by atoms with Crippen LogP contribution in [-0.4, -0.2) is 24.2 Å². The predicted octanol–water partition coefficient (Wildman–Crippen LogP) is 1.39. The van der Waals surface area contributed by atoms with E-state index in [1.807, 2.05) is 0 Å². The minimum absolute atomic E-state index is 0.000605. The Hall–Kier alpha value is -1.62.